The molecule has 1 aromatic rings. The van der Waals surface area contributed by atoms with E-state index >= 15 is 0 Å². The van der Waals surface area contributed by atoms with Gasteiger partial charge in [0.2, 0.25) is 5.88 Å². The molecule has 0 amide bonds. The number of aromatic nitrogens is 2. The van der Waals surface area contributed by atoms with E-state index in [9.17, 15) is 4.79 Å². The van der Waals surface area contributed by atoms with Crippen LogP contribution in [0.1, 0.15) is 0 Å². The summed E-state index contributed by atoms with van der Waals surface area (Å²) in [5, 5.41) is 3.31. The number of nitrogens with zero attached hydrogens (tertiary/aromatic N) is 5. The highest BCUT2D eigenvalue weighted by Crippen LogP contribution is 1.98. The smallest absolute Gasteiger partial charge is 0.350 e. The molecule has 1 aromatic heterocycles. The van der Waals surface area contributed by atoms with Crippen molar-refractivity contribution in [3.8, 4) is 5.88 Å². The number of rotatable bonds is 4. The average Bonchev–Trinajstić information content (AvgIpc) is 2.20. The van der Waals surface area contributed by atoms with Gasteiger partial charge in [-0.05, 0) is 5.53 Å². The Morgan fingerprint density at radius 1 is 1.79 bits per heavy atom. The zero-order chi connectivity index (χ0) is 10.4. The van der Waals surface area contributed by atoms with Crippen molar-refractivity contribution in [3.63, 3.8) is 0 Å². The molecule has 7 heteroatoms. The summed E-state index contributed by atoms with van der Waals surface area (Å²) in [7, 11) is 1.44. The third-order valence-electron chi connectivity index (χ3n) is 1.56. The van der Waals surface area contributed by atoms with E-state index in [1.165, 1.54) is 11.7 Å². The Morgan fingerprint density at radius 2 is 2.57 bits per heavy atom. The quantitative estimate of drug-likeness (QED) is 0.399. The minimum Gasteiger partial charge on any atom is -0.481 e. The maximum absolute atomic E-state index is 11.2. The fourth-order valence-corrected chi connectivity index (χ4v) is 0.894. The second-order valence-electron chi connectivity index (χ2n) is 2.40. The molecule has 0 fully saturated rings. The molecule has 0 atom stereocenters. The Kier molecular flexibility index (Phi) is 3.51. The van der Waals surface area contributed by atoms with Crippen LogP contribution in [0, 0.1) is 0 Å². The second-order valence-corrected chi connectivity index (χ2v) is 2.40. The molecule has 14 heavy (non-hydrogen) atoms. The molecule has 1 rings (SSSR count). The molecule has 0 N–H and O–H groups in total. The molecular weight excluding hydrogens is 186 g/mol. The Hall–Kier alpha value is -2.01. The molecule has 0 unspecified atom stereocenters. The Balaban J connectivity index is 2.78. The van der Waals surface area contributed by atoms with E-state index in [-0.39, 0.29) is 12.4 Å². The largest absolute Gasteiger partial charge is 0.481 e. The molecule has 0 radical (unpaired) electrons. The minimum absolute atomic E-state index is 0.227. The number of hydrogen-bond donors (Lipinski definition) is 0. The fourth-order valence-electron chi connectivity index (χ4n) is 0.894. The highest BCUT2D eigenvalue weighted by atomic mass is 16.5. The third kappa shape index (κ3) is 2.49. The molecule has 0 aromatic carbocycles. The van der Waals surface area contributed by atoms with Gasteiger partial charge in [0.15, 0.2) is 0 Å². The van der Waals surface area contributed by atoms with Crippen LogP contribution in [0.2, 0.25) is 0 Å². The summed E-state index contributed by atoms with van der Waals surface area (Å²) in [6.45, 7) is 0.546. The van der Waals surface area contributed by atoms with E-state index in [1.54, 1.807) is 12.3 Å². The number of ether oxygens (including phenoxy) is 1. The highest BCUT2D eigenvalue weighted by Gasteiger charge is 1.98. The van der Waals surface area contributed by atoms with Crippen LogP contribution in [0.25, 0.3) is 10.4 Å². The molecule has 0 saturated heterocycles. The van der Waals surface area contributed by atoms with Crippen LogP contribution in [-0.2, 0) is 6.54 Å². The van der Waals surface area contributed by atoms with Crippen LogP contribution in [0.15, 0.2) is 22.2 Å². The topological polar surface area (TPSA) is 92.9 Å². The Labute approximate surface area is 79.6 Å². The monoisotopic (exact) mass is 195 g/mol. The van der Waals surface area contributed by atoms with Crippen molar-refractivity contribution in [2.75, 3.05) is 13.7 Å². The molecule has 0 bridgehead atoms. The van der Waals surface area contributed by atoms with E-state index in [1.807, 2.05) is 0 Å². The first-order valence-electron chi connectivity index (χ1n) is 3.90. The van der Waals surface area contributed by atoms with Crippen LogP contribution in [0.3, 0.4) is 0 Å². The SMILES string of the molecule is COc1ccn(CCN=[N+]=[N-])c(=O)n1. The number of azide groups is 1. The van der Waals surface area contributed by atoms with Crippen LogP contribution < -0.4 is 10.4 Å². The van der Waals surface area contributed by atoms with Crippen molar-refractivity contribution in [1.29, 1.82) is 0 Å². The van der Waals surface area contributed by atoms with Crippen molar-refractivity contribution in [3.05, 3.63) is 33.2 Å². The normalized spacial score (nSPS) is 9.21. The van der Waals surface area contributed by atoms with Crippen molar-refractivity contribution in [1.82, 2.24) is 9.55 Å². The molecule has 0 aliphatic rings. The Bertz CT molecular complexity index is 407. The molecule has 1 heterocycles. The van der Waals surface area contributed by atoms with Gasteiger partial charge < -0.3 is 4.74 Å². The number of hydrogen-bond acceptors (Lipinski definition) is 4. The van der Waals surface area contributed by atoms with E-state index in [0.717, 1.165) is 0 Å². The van der Waals surface area contributed by atoms with Crippen LogP contribution in [-0.4, -0.2) is 23.2 Å². The van der Waals surface area contributed by atoms with Gasteiger partial charge in [-0.15, -0.1) is 0 Å². The van der Waals surface area contributed by atoms with Crippen molar-refractivity contribution in [2.45, 2.75) is 6.54 Å². The van der Waals surface area contributed by atoms with Gasteiger partial charge in [0, 0.05) is 30.3 Å². The summed E-state index contributed by atoms with van der Waals surface area (Å²) in [5.74, 6) is 0.273. The molecule has 0 spiro atoms. The Morgan fingerprint density at radius 3 is 3.14 bits per heavy atom. The average molecular weight is 195 g/mol. The minimum atomic E-state index is -0.419. The van der Waals surface area contributed by atoms with Gasteiger partial charge in [-0.1, -0.05) is 5.11 Å². The standard InChI is InChI=1S/C7H9N5O2/c1-14-6-2-4-12(7(13)10-6)5-3-9-11-8/h2,4H,3,5H2,1H3. The van der Waals surface area contributed by atoms with E-state index in [0.29, 0.717) is 6.54 Å². The first kappa shape index (κ1) is 10.1. The zero-order valence-electron chi connectivity index (χ0n) is 7.62. The summed E-state index contributed by atoms with van der Waals surface area (Å²) in [6, 6.07) is 1.57. The van der Waals surface area contributed by atoms with Gasteiger partial charge in [0.1, 0.15) is 0 Å². The van der Waals surface area contributed by atoms with E-state index in [2.05, 4.69) is 15.0 Å². The predicted octanol–water partition coefficient (Wildman–Crippen LogP) is 0.562. The molecule has 74 valence electrons. The lowest BCUT2D eigenvalue weighted by Gasteiger charge is -2.02. The van der Waals surface area contributed by atoms with Crippen molar-refractivity contribution >= 4 is 0 Å². The first-order chi connectivity index (χ1) is 6.77. The van der Waals surface area contributed by atoms with Gasteiger partial charge in [-0.25, -0.2) is 4.79 Å². The lowest BCUT2D eigenvalue weighted by Crippen LogP contribution is -2.23. The first-order valence-corrected chi connectivity index (χ1v) is 3.90. The molecule has 0 saturated carbocycles. The lowest BCUT2D eigenvalue weighted by molar-refractivity contribution is 0.392. The highest BCUT2D eigenvalue weighted by molar-refractivity contribution is 5.05. The van der Waals surface area contributed by atoms with Gasteiger partial charge in [0.25, 0.3) is 0 Å². The molecule has 7 nitrogen and oxygen atoms in total. The third-order valence-corrected chi connectivity index (χ3v) is 1.56. The predicted molar refractivity (Wildman–Crippen MR) is 49.1 cm³/mol. The second kappa shape index (κ2) is 4.88. The van der Waals surface area contributed by atoms with Gasteiger partial charge in [0.05, 0.1) is 7.11 Å². The van der Waals surface area contributed by atoms with Crippen molar-refractivity contribution < 1.29 is 4.74 Å². The molecule has 0 aliphatic carbocycles. The van der Waals surface area contributed by atoms with Crippen molar-refractivity contribution in [2.24, 2.45) is 5.11 Å². The van der Waals surface area contributed by atoms with Gasteiger partial charge in [-0.2, -0.15) is 4.98 Å². The summed E-state index contributed by atoms with van der Waals surface area (Å²) in [6.07, 6.45) is 1.54. The summed E-state index contributed by atoms with van der Waals surface area (Å²) < 4.78 is 6.11. The summed E-state index contributed by atoms with van der Waals surface area (Å²) in [4.78, 5) is 17.4. The van der Waals surface area contributed by atoms with Gasteiger partial charge in [-0.3, -0.25) is 4.57 Å². The van der Waals surface area contributed by atoms with E-state index in [4.69, 9.17) is 10.3 Å². The summed E-state index contributed by atoms with van der Waals surface area (Å²) >= 11 is 0. The van der Waals surface area contributed by atoms with E-state index < -0.39 is 5.69 Å². The maximum atomic E-state index is 11.2. The van der Waals surface area contributed by atoms with Crippen LogP contribution in [0.5, 0.6) is 5.88 Å². The van der Waals surface area contributed by atoms with Gasteiger partial charge >= 0.3 is 5.69 Å². The molecule has 0 aliphatic heterocycles. The lowest BCUT2D eigenvalue weighted by atomic mass is 10.5. The number of methoxy groups -OCH3 is 1. The maximum Gasteiger partial charge on any atom is 0.350 e. The van der Waals surface area contributed by atoms with Crippen LogP contribution in [0.4, 0.5) is 0 Å². The van der Waals surface area contributed by atoms with Crippen LogP contribution >= 0.6 is 0 Å². The molecular formula is C7H9N5O2. The zero-order valence-corrected chi connectivity index (χ0v) is 7.62. The fraction of sp³-hybridized carbons (Fsp3) is 0.429. The summed E-state index contributed by atoms with van der Waals surface area (Å²) in [5.41, 5.74) is 7.61.